The van der Waals surface area contributed by atoms with Gasteiger partial charge in [-0.1, -0.05) is 38.3 Å². The molecule has 3 heteroatoms. The van der Waals surface area contributed by atoms with Gasteiger partial charge in [0.15, 0.2) is 0 Å². The predicted molar refractivity (Wildman–Crippen MR) is 76.7 cm³/mol. The second-order valence-electron chi connectivity index (χ2n) is 4.54. The molecule has 3 nitrogen and oxygen atoms in total. The lowest BCUT2D eigenvalue weighted by Crippen LogP contribution is -2.00. The van der Waals surface area contributed by atoms with Crippen molar-refractivity contribution in [2.24, 2.45) is 0 Å². The Morgan fingerprint density at radius 3 is 2.56 bits per heavy atom. The van der Waals surface area contributed by atoms with Crippen LogP contribution in [0.15, 0.2) is 36.5 Å². The first-order valence-corrected chi connectivity index (χ1v) is 6.74. The highest BCUT2D eigenvalue weighted by Gasteiger charge is 1.98. The van der Waals surface area contributed by atoms with Crippen LogP contribution in [0.2, 0.25) is 0 Å². The van der Waals surface area contributed by atoms with Crippen molar-refractivity contribution >= 4 is 5.69 Å². The Morgan fingerprint density at radius 2 is 1.89 bits per heavy atom. The summed E-state index contributed by atoms with van der Waals surface area (Å²) in [5, 5.41) is 10.4. The highest BCUT2D eigenvalue weighted by atomic mass is 15.1. The Bertz CT molecular complexity index is 431. The van der Waals surface area contributed by atoms with E-state index in [0.29, 0.717) is 0 Å². The topological polar surface area (TPSA) is 40.7 Å². The molecule has 0 aliphatic rings. The van der Waals surface area contributed by atoms with Crippen LogP contribution in [0.4, 0.5) is 5.69 Å². The van der Waals surface area contributed by atoms with E-state index in [1.54, 1.807) is 6.20 Å². The van der Waals surface area contributed by atoms with Gasteiger partial charge in [-0.25, -0.2) is 0 Å². The Balaban J connectivity index is 1.81. The third kappa shape index (κ3) is 3.62. The van der Waals surface area contributed by atoms with Crippen molar-refractivity contribution in [1.29, 1.82) is 0 Å². The minimum Gasteiger partial charge on any atom is -0.385 e. The van der Waals surface area contributed by atoms with Crippen LogP contribution in [0.25, 0.3) is 11.3 Å². The van der Waals surface area contributed by atoms with Crippen LogP contribution in [0, 0.1) is 0 Å². The van der Waals surface area contributed by atoms with E-state index in [-0.39, 0.29) is 0 Å². The quantitative estimate of drug-likeness (QED) is 0.720. The lowest BCUT2D eigenvalue weighted by molar-refractivity contribution is 0.685. The molecule has 0 saturated heterocycles. The van der Waals surface area contributed by atoms with Crippen molar-refractivity contribution < 1.29 is 0 Å². The SMILES string of the molecule is CCCCCCNc1ccc(-c2ccn[nH]2)cc1. The van der Waals surface area contributed by atoms with Gasteiger partial charge in [-0.05, 0) is 30.2 Å². The maximum absolute atomic E-state index is 3.96. The molecule has 0 spiro atoms. The van der Waals surface area contributed by atoms with Crippen molar-refractivity contribution in [2.75, 3.05) is 11.9 Å². The molecule has 0 bridgehead atoms. The van der Waals surface area contributed by atoms with Gasteiger partial charge in [0.05, 0.1) is 5.69 Å². The summed E-state index contributed by atoms with van der Waals surface area (Å²) in [4.78, 5) is 0. The van der Waals surface area contributed by atoms with Crippen LogP contribution in [-0.2, 0) is 0 Å². The summed E-state index contributed by atoms with van der Waals surface area (Å²) in [7, 11) is 0. The summed E-state index contributed by atoms with van der Waals surface area (Å²) in [6, 6.07) is 10.4. The monoisotopic (exact) mass is 243 g/mol. The number of unbranched alkanes of at least 4 members (excludes halogenated alkanes) is 3. The molecule has 2 aromatic rings. The van der Waals surface area contributed by atoms with Crippen molar-refractivity contribution in [1.82, 2.24) is 10.2 Å². The van der Waals surface area contributed by atoms with Crippen LogP contribution in [0.5, 0.6) is 0 Å². The molecule has 2 rings (SSSR count). The number of benzene rings is 1. The van der Waals surface area contributed by atoms with Crippen LogP contribution in [0.3, 0.4) is 0 Å². The lowest BCUT2D eigenvalue weighted by Gasteiger charge is -2.06. The molecule has 1 aromatic heterocycles. The van der Waals surface area contributed by atoms with Crippen LogP contribution < -0.4 is 5.32 Å². The van der Waals surface area contributed by atoms with Crippen molar-refractivity contribution in [3.05, 3.63) is 36.5 Å². The number of hydrogen-bond acceptors (Lipinski definition) is 2. The maximum atomic E-state index is 3.96. The van der Waals surface area contributed by atoms with Gasteiger partial charge in [0.2, 0.25) is 0 Å². The maximum Gasteiger partial charge on any atom is 0.0650 e. The van der Waals surface area contributed by atoms with Gasteiger partial charge < -0.3 is 5.32 Å². The van der Waals surface area contributed by atoms with Gasteiger partial charge in [-0.2, -0.15) is 5.10 Å². The van der Waals surface area contributed by atoms with Gasteiger partial charge in [0.25, 0.3) is 0 Å². The van der Waals surface area contributed by atoms with E-state index in [1.807, 2.05) is 6.07 Å². The molecule has 18 heavy (non-hydrogen) atoms. The molecular weight excluding hydrogens is 222 g/mol. The Hall–Kier alpha value is -1.77. The molecule has 2 N–H and O–H groups in total. The van der Waals surface area contributed by atoms with Crippen molar-refractivity contribution in [3.63, 3.8) is 0 Å². The van der Waals surface area contributed by atoms with E-state index in [4.69, 9.17) is 0 Å². The van der Waals surface area contributed by atoms with Gasteiger partial charge in [-0.3, -0.25) is 5.10 Å². The van der Waals surface area contributed by atoms with Crippen LogP contribution in [0.1, 0.15) is 32.6 Å². The number of H-pyrrole nitrogens is 1. The average molecular weight is 243 g/mol. The van der Waals surface area contributed by atoms with E-state index in [2.05, 4.69) is 46.7 Å². The third-order valence-corrected chi connectivity index (χ3v) is 3.06. The summed E-state index contributed by atoms with van der Waals surface area (Å²) in [5.41, 5.74) is 3.42. The van der Waals surface area contributed by atoms with E-state index in [1.165, 1.54) is 36.9 Å². The minimum atomic E-state index is 1.06. The van der Waals surface area contributed by atoms with E-state index in [9.17, 15) is 0 Å². The molecule has 0 aliphatic heterocycles. The first kappa shape index (κ1) is 12.7. The Kier molecular flexibility index (Phi) is 4.82. The van der Waals surface area contributed by atoms with Gasteiger partial charge >= 0.3 is 0 Å². The molecule has 0 fully saturated rings. The molecule has 0 atom stereocenters. The zero-order valence-electron chi connectivity index (χ0n) is 10.9. The Labute approximate surface area is 109 Å². The third-order valence-electron chi connectivity index (χ3n) is 3.06. The zero-order valence-corrected chi connectivity index (χ0v) is 10.9. The molecular formula is C15H21N3. The molecule has 1 aromatic carbocycles. The number of hydrogen-bond donors (Lipinski definition) is 2. The largest absolute Gasteiger partial charge is 0.385 e. The second kappa shape index (κ2) is 6.84. The summed E-state index contributed by atoms with van der Waals surface area (Å²) >= 11 is 0. The second-order valence-corrected chi connectivity index (χ2v) is 4.54. The minimum absolute atomic E-state index is 1.06. The number of nitrogens with one attached hydrogen (secondary N) is 2. The Morgan fingerprint density at radius 1 is 1.06 bits per heavy atom. The number of aromatic nitrogens is 2. The molecule has 0 unspecified atom stereocenters. The smallest absolute Gasteiger partial charge is 0.0650 e. The molecule has 0 saturated carbocycles. The van der Waals surface area contributed by atoms with Gasteiger partial charge in [0.1, 0.15) is 0 Å². The van der Waals surface area contributed by atoms with Gasteiger partial charge in [0, 0.05) is 18.4 Å². The summed E-state index contributed by atoms with van der Waals surface area (Å²) in [5.74, 6) is 0. The van der Waals surface area contributed by atoms with Crippen molar-refractivity contribution in [2.45, 2.75) is 32.6 Å². The predicted octanol–water partition coefficient (Wildman–Crippen LogP) is 4.07. The van der Waals surface area contributed by atoms with E-state index < -0.39 is 0 Å². The van der Waals surface area contributed by atoms with Gasteiger partial charge in [-0.15, -0.1) is 0 Å². The van der Waals surface area contributed by atoms with E-state index >= 15 is 0 Å². The number of anilines is 1. The zero-order chi connectivity index (χ0) is 12.6. The first-order chi connectivity index (χ1) is 8.90. The molecule has 1 heterocycles. The summed E-state index contributed by atoms with van der Waals surface area (Å²) < 4.78 is 0. The highest BCUT2D eigenvalue weighted by molar-refractivity contribution is 5.62. The normalized spacial score (nSPS) is 10.5. The first-order valence-electron chi connectivity index (χ1n) is 6.74. The number of aromatic amines is 1. The standard InChI is InChI=1S/C15H21N3/c1-2-3-4-5-11-16-14-8-6-13(7-9-14)15-10-12-17-18-15/h6-10,12,16H,2-5,11H2,1H3,(H,17,18). The highest BCUT2D eigenvalue weighted by Crippen LogP contribution is 2.18. The number of rotatable bonds is 7. The van der Waals surface area contributed by atoms with Crippen molar-refractivity contribution in [3.8, 4) is 11.3 Å². The molecule has 0 radical (unpaired) electrons. The molecule has 0 aliphatic carbocycles. The van der Waals surface area contributed by atoms with E-state index in [0.717, 1.165) is 12.2 Å². The fourth-order valence-corrected chi connectivity index (χ4v) is 1.97. The fraction of sp³-hybridized carbons (Fsp3) is 0.400. The number of nitrogens with zero attached hydrogens (tertiary/aromatic N) is 1. The molecule has 96 valence electrons. The summed E-state index contributed by atoms with van der Waals surface area (Å²) in [6.45, 7) is 3.30. The fourth-order valence-electron chi connectivity index (χ4n) is 1.97. The lowest BCUT2D eigenvalue weighted by atomic mass is 10.1. The van der Waals surface area contributed by atoms with Crippen LogP contribution >= 0.6 is 0 Å². The van der Waals surface area contributed by atoms with Crippen LogP contribution in [-0.4, -0.2) is 16.7 Å². The summed E-state index contributed by atoms with van der Waals surface area (Å²) in [6.07, 6.45) is 6.96. The average Bonchev–Trinajstić information content (AvgIpc) is 2.93. The molecule has 0 amide bonds.